The van der Waals surface area contributed by atoms with Crippen molar-refractivity contribution >= 4 is 6.03 Å². The summed E-state index contributed by atoms with van der Waals surface area (Å²) in [7, 11) is 0. The fourth-order valence-electron chi connectivity index (χ4n) is 4.31. The molecule has 2 fully saturated rings. The number of hydrogen-bond donors (Lipinski definition) is 2. The summed E-state index contributed by atoms with van der Waals surface area (Å²) < 4.78 is 0. The quantitative estimate of drug-likeness (QED) is 0.790. The van der Waals surface area contributed by atoms with Crippen molar-refractivity contribution in [2.24, 2.45) is 17.3 Å². The number of aliphatic hydroxyl groups is 1. The third-order valence-corrected chi connectivity index (χ3v) is 5.52. The van der Waals surface area contributed by atoms with Gasteiger partial charge in [0.2, 0.25) is 0 Å². The molecule has 0 aromatic carbocycles. The van der Waals surface area contributed by atoms with Crippen LogP contribution in [0.15, 0.2) is 0 Å². The number of rotatable bonds is 6. The van der Waals surface area contributed by atoms with Crippen molar-refractivity contribution in [3.8, 4) is 0 Å². The molecule has 1 aliphatic heterocycles. The first-order valence-electron chi connectivity index (χ1n) is 9.18. The molecule has 2 amide bonds. The van der Waals surface area contributed by atoms with Crippen LogP contribution in [0.5, 0.6) is 0 Å². The van der Waals surface area contributed by atoms with Crippen molar-refractivity contribution in [3.63, 3.8) is 0 Å². The Morgan fingerprint density at radius 2 is 1.95 bits per heavy atom. The van der Waals surface area contributed by atoms with Gasteiger partial charge in [-0.3, -0.25) is 0 Å². The third kappa shape index (κ3) is 4.87. The SMILES string of the molecule is CC(C)CC(CCO)CNC(=O)N1CCC2(CCCCC2)C1. The minimum absolute atomic E-state index is 0.106. The van der Waals surface area contributed by atoms with Crippen molar-refractivity contribution in [3.05, 3.63) is 0 Å². The third-order valence-electron chi connectivity index (χ3n) is 5.52. The number of nitrogens with zero attached hydrogens (tertiary/aromatic N) is 1. The Balaban J connectivity index is 1.77. The number of amides is 2. The van der Waals surface area contributed by atoms with Crippen LogP contribution in [0, 0.1) is 17.3 Å². The topological polar surface area (TPSA) is 52.6 Å². The van der Waals surface area contributed by atoms with E-state index in [0.29, 0.717) is 23.8 Å². The lowest BCUT2D eigenvalue weighted by molar-refractivity contribution is 0.174. The van der Waals surface area contributed by atoms with E-state index in [1.807, 2.05) is 4.90 Å². The van der Waals surface area contributed by atoms with E-state index < -0.39 is 0 Å². The van der Waals surface area contributed by atoms with Gasteiger partial charge >= 0.3 is 6.03 Å². The first-order chi connectivity index (χ1) is 10.5. The van der Waals surface area contributed by atoms with E-state index in [1.54, 1.807) is 0 Å². The van der Waals surface area contributed by atoms with Gasteiger partial charge in [-0.05, 0) is 49.4 Å². The van der Waals surface area contributed by atoms with Gasteiger partial charge in [0.25, 0.3) is 0 Å². The predicted molar refractivity (Wildman–Crippen MR) is 89.8 cm³/mol. The fourth-order valence-corrected chi connectivity index (χ4v) is 4.31. The first-order valence-corrected chi connectivity index (χ1v) is 9.18. The average Bonchev–Trinajstić information content (AvgIpc) is 2.88. The summed E-state index contributed by atoms with van der Waals surface area (Å²) in [4.78, 5) is 14.4. The second-order valence-electron chi connectivity index (χ2n) is 7.93. The molecule has 1 aliphatic carbocycles. The first kappa shape index (κ1) is 17.6. The minimum Gasteiger partial charge on any atom is -0.396 e. The van der Waals surface area contributed by atoms with E-state index in [9.17, 15) is 4.79 Å². The van der Waals surface area contributed by atoms with Crippen molar-refractivity contribution in [1.82, 2.24) is 10.2 Å². The van der Waals surface area contributed by atoms with E-state index >= 15 is 0 Å². The molecule has 1 atom stereocenters. The summed E-state index contributed by atoms with van der Waals surface area (Å²) in [6.45, 7) is 7.16. The molecule has 0 bridgehead atoms. The molecule has 4 heteroatoms. The largest absolute Gasteiger partial charge is 0.396 e. The summed E-state index contributed by atoms with van der Waals surface area (Å²) in [5.41, 5.74) is 0.429. The number of urea groups is 1. The van der Waals surface area contributed by atoms with Gasteiger partial charge in [0, 0.05) is 26.2 Å². The van der Waals surface area contributed by atoms with Gasteiger partial charge in [-0.1, -0.05) is 33.1 Å². The lowest BCUT2D eigenvalue weighted by atomic mass is 9.73. The van der Waals surface area contributed by atoms with Gasteiger partial charge in [-0.2, -0.15) is 0 Å². The number of carbonyl (C=O) groups excluding carboxylic acids is 1. The summed E-state index contributed by atoms with van der Waals surface area (Å²) >= 11 is 0. The number of aliphatic hydroxyl groups excluding tert-OH is 1. The van der Waals surface area contributed by atoms with E-state index in [0.717, 1.165) is 25.9 Å². The van der Waals surface area contributed by atoms with E-state index in [1.165, 1.54) is 38.5 Å². The van der Waals surface area contributed by atoms with Gasteiger partial charge in [0.05, 0.1) is 0 Å². The van der Waals surface area contributed by atoms with E-state index in [-0.39, 0.29) is 12.6 Å². The molecule has 0 aromatic rings. The summed E-state index contributed by atoms with van der Waals surface area (Å²) in [6.07, 6.45) is 9.67. The Morgan fingerprint density at radius 1 is 1.23 bits per heavy atom. The molecule has 22 heavy (non-hydrogen) atoms. The van der Waals surface area contributed by atoms with Crippen LogP contribution in [-0.4, -0.2) is 42.3 Å². The maximum atomic E-state index is 12.4. The second kappa shape index (κ2) is 8.19. The number of carbonyl (C=O) groups is 1. The molecule has 1 saturated carbocycles. The highest BCUT2D eigenvalue weighted by atomic mass is 16.3. The molecule has 2 aliphatic rings. The highest BCUT2D eigenvalue weighted by molar-refractivity contribution is 5.74. The Bertz CT molecular complexity index is 351. The maximum Gasteiger partial charge on any atom is 0.317 e. The standard InChI is InChI=1S/C18H34N2O2/c1-15(2)12-16(6-11-21)13-19-17(22)20-10-9-18(14-20)7-4-3-5-8-18/h15-16,21H,3-14H2,1-2H3,(H,19,22). The maximum absolute atomic E-state index is 12.4. The molecule has 0 aromatic heterocycles. The predicted octanol–water partition coefficient (Wildman–Crippen LogP) is 3.40. The molecule has 1 heterocycles. The minimum atomic E-state index is 0.106. The smallest absolute Gasteiger partial charge is 0.317 e. The van der Waals surface area contributed by atoms with E-state index in [4.69, 9.17) is 5.11 Å². The fraction of sp³-hybridized carbons (Fsp3) is 0.944. The Kier molecular flexibility index (Phi) is 6.54. The van der Waals surface area contributed by atoms with Gasteiger partial charge < -0.3 is 15.3 Å². The van der Waals surface area contributed by atoms with Crippen molar-refractivity contribution in [2.75, 3.05) is 26.2 Å². The molecule has 1 spiro atoms. The zero-order valence-corrected chi connectivity index (χ0v) is 14.4. The zero-order chi connectivity index (χ0) is 16.0. The molecule has 2 N–H and O–H groups in total. The Morgan fingerprint density at radius 3 is 2.59 bits per heavy atom. The van der Waals surface area contributed by atoms with Crippen LogP contribution in [0.3, 0.4) is 0 Å². The van der Waals surface area contributed by atoms with Crippen LogP contribution in [0.4, 0.5) is 4.79 Å². The number of likely N-dealkylation sites (tertiary alicyclic amines) is 1. The molecule has 1 unspecified atom stereocenters. The molecule has 1 saturated heterocycles. The molecule has 0 radical (unpaired) electrons. The number of hydrogen-bond acceptors (Lipinski definition) is 2. The van der Waals surface area contributed by atoms with Crippen molar-refractivity contribution in [1.29, 1.82) is 0 Å². The van der Waals surface area contributed by atoms with Crippen LogP contribution in [0.2, 0.25) is 0 Å². The lowest BCUT2D eigenvalue weighted by Gasteiger charge is -2.33. The van der Waals surface area contributed by atoms with Crippen molar-refractivity contribution < 1.29 is 9.90 Å². The van der Waals surface area contributed by atoms with Crippen LogP contribution in [-0.2, 0) is 0 Å². The zero-order valence-electron chi connectivity index (χ0n) is 14.4. The summed E-state index contributed by atoms with van der Waals surface area (Å²) in [6, 6.07) is 0.106. The number of nitrogens with one attached hydrogen (secondary N) is 1. The molecule has 2 rings (SSSR count). The van der Waals surface area contributed by atoms with Crippen LogP contribution < -0.4 is 5.32 Å². The van der Waals surface area contributed by atoms with Crippen LogP contribution in [0.1, 0.15) is 65.2 Å². The Labute approximate surface area is 135 Å². The normalized spacial score (nSPS) is 22.3. The highest BCUT2D eigenvalue weighted by Crippen LogP contribution is 2.43. The van der Waals surface area contributed by atoms with Crippen molar-refractivity contribution in [2.45, 2.75) is 65.2 Å². The van der Waals surface area contributed by atoms with Gasteiger partial charge in [-0.25, -0.2) is 4.79 Å². The average molecular weight is 310 g/mol. The second-order valence-corrected chi connectivity index (χ2v) is 7.93. The molecular weight excluding hydrogens is 276 g/mol. The van der Waals surface area contributed by atoms with Gasteiger partial charge in [0.15, 0.2) is 0 Å². The van der Waals surface area contributed by atoms with E-state index in [2.05, 4.69) is 19.2 Å². The highest BCUT2D eigenvalue weighted by Gasteiger charge is 2.40. The van der Waals surface area contributed by atoms with Crippen LogP contribution >= 0.6 is 0 Å². The Hall–Kier alpha value is -0.770. The summed E-state index contributed by atoms with van der Waals surface area (Å²) in [5, 5.41) is 12.3. The van der Waals surface area contributed by atoms with Gasteiger partial charge in [0.1, 0.15) is 0 Å². The van der Waals surface area contributed by atoms with Gasteiger partial charge in [-0.15, -0.1) is 0 Å². The summed E-state index contributed by atoms with van der Waals surface area (Å²) in [5.74, 6) is 0.992. The molecule has 128 valence electrons. The lowest BCUT2D eigenvalue weighted by Crippen LogP contribution is -2.42. The molecule has 4 nitrogen and oxygen atoms in total. The monoisotopic (exact) mass is 310 g/mol. The molecular formula is C18H34N2O2. The van der Waals surface area contributed by atoms with Crippen LogP contribution in [0.25, 0.3) is 0 Å².